The van der Waals surface area contributed by atoms with Gasteiger partial charge in [0.2, 0.25) is 17.1 Å². The van der Waals surface area contributed by atoms with E-state index in [1.807, 2.05) is 26.0 Å². The molecule has 0 bridgehead atoms. The SMILES string of the molecule is COc1cc2c(c(OC)c1OC)-c1ccc(OC)c(=O)cc1[C@@H](NC(=O)[C@@H](N)C(C)C)CC2. The molecular weight excluding hydrogens is 424 g/mol. The van der Waals surface area contributed by atoms with Gasteiger partial charge in [0.25, 0.3) is 0 Å². The molecular formula is C25H32N2O6. The maximum atomic E-state index is 12.9. The molecule has 8 heteroatoms. The third-order valence-corrected chi connectivity index (χ3v) is 6.06. The van der Waals surface area contributed by atoms with Crippen molar-refractivity contribution in [1.29, 1.82) is 0 Å². The first kappa shape index (κ1) is 24.4. The number of hydrogen-bond acceptors (Lipinski definition) is 7. The number of methoxy groups -OCH3 is 4. The van der Waals surface area contributed by atoms with Crippen LogP contribution >= 0.6 is 0 Å². The molecule has 0 spiro atoms. The number of ether oxygens (including phenoxy) is 4. The molecule has 0 aliphatic heterocycles. The summed E-state index contributed by atoms with van der Waals surface area (Å²) in [5.74, 6) is 1.41. The normalized spacial score (nSPS) is 15.6. The molecule has 0 saturated heterocycles. The molecule has 0 aromatic heterocycles. The average molecular weight is 457 g/mol. The largest absolute Gasteiger partial charge is 0.493 e. The van der Waals surface area contributed by atoms with E-state index in [4.69, 9.17) is 24.7 Å². The van der Waals surface area contributed by atoms with Crippen molar-refractivity contribution in [3.63, 3.8) is 0 Å². The Balaban J connectivity index is 2.30. The maximum Gasteiger partial charge on any atom is 0.237 e. The van der Waals surface area contributed by atoms with Gasteiger partial charge in [-0.3, -0.25) is 9.59 Å². The minimum absolute atomic E-state index is 0.0249. The summed E-state index contributed by atoms with van der Waals surface area (Å²) in [6.45, 7) is 3.79. The van der Waals surface area contributed by atoms with Crippen molar-refractivity contribution in [2.45, 2.75) is 38.8 Å². The van der Waals surface area contributed by atoms with Gasteiger partial charge in [-0.25, -0.2) is 0 Å². The Morgan fingerprint density at radius 1 is 1.00 bits per heavy atom. The molecule has 3 rings (SSSR count). The topological polar surface area (TPSA) is 109 Å². The molecule has 0 fully saturated rings. The van der Waals surface area contributed by atoms with Crippen LogP contribution in [0, 0.1) is 5.92 Å². The lowest BCUT2D eigenvalue weighted by molar-refractivity contribution is -0.124. The van der Waals surface area contributed by atoms with E-state index in [9.17, 15) is 9.59 Å². The highest BCUT2D eigenvalue weighted by Gasteiger charge is 2.31. The molecule has 1 amide bonds. The summed E-state index contributed by atoms with van der Waals surface area (Å²) in [4.78, 5) is 25.7. The highest BCUT2D eigenvalue weighted by atomic mass is 16.5. The molecule has 2 aromatic rings. The van der Waals surface area contributed by atoms with Gasteiger partial charge in [-0.1, -0.05) is 19.9 Å². The number of rotatable bonds is 7. The van der Waals surface area contributed by atoms with E-state index < -0.39 is 12.1 Å². The molecule has 1 aliphatic rings. The fourth-order valence-corrected chi connectivity index (χ4v) is 4.19. The van der Waals surface area contributed by atoms with Crippen LogP contribution in [0.5, 0.6) is 23.0 Å². The van der Waals surface area contributed by atoms with E-state index in [0.29, 0.717) is 35.7 Å². The highest BCUT2D eigenvalue weighted by molar-refractivity contribution is 5.85. The van der Waals surface area contributed by atoms with E-state index in [1.165, 1.54) is 13.2 Å². The standard InChI is InChI=1S/C25H32N2O6/c1-13(2)22(26)25(29)27-17-9-7-14-11-20(31-4)23(32-5)24(33-6)21(14)15-8-10-19(30-3)18(28)12-16(15)17/h8,10-13,17,22H,7,9,26H2,1-6H3,(H,27,29)/t17-,22-/m0/s1. The molecule has 178 valence electrons. The van der Waals surface area contributed by atoms with Crippen LogP contribution in [0.15, 0.2) is 29.1 Å². The van der Waals surface area contributed by atoms with Crippen LogP contribution in [-0.4, -0.2) is 40.4 Å². The van der Waals surface area contributed by atoms with Gasteiger partial charge in [0.1, 0.15) is 0 Å². The molecule has 2 aromatic carbocycles. The van der Waals surface area contributed by atoms with Gasteiger partial charge in [0.15, 0.2) is 17.2 Å². The first-order chi connectivity index (χ1) is 15.8. The summed E-state index contributed by atoms with van der Waals surface area (Å²) in [5.41, 5.74) is 8.95. The second-order valence-electron chi connectivity index (χ2n) is 8.33. The lowest BCUT2D eigenvalue weighted by Gasteiger charge is -2.22. The van der Waals surface area contributed by atoms with Gasteiger partial charge in [-0.15, -0.1) is 0 Å². The predicted molar refractivity (Wildman–Crippen MR) is 126 cm³/mol. The Morgan fingerprint density at radius 3 is 2.24 bits per heavy atom. The smallest absolute Gasteiger partial charge is 0.237 e. The van der Waals surface area contributed by atoms with Gasteiger partial charge < -0.3 is 30.0 Å². The van der Waals surface area contributed by atoms with Crippen molar-refractivity contribution in [2.75, 3.05) is 28.4 Å². The third-order valence-electron chi connectivity index (χ3n) is 6.06. The Labute approximate surface area is 194 Å². The van der Waals surface area contributed by atoms with Crippen molar-refractivity contribution in [3.05, 3.63) is 45.6 Å². The number of nitrogens with one attached hydrogen (secondary N) is 1. The highest BCUT2D eigenvalue weighted by Crippen LogP contribution is 2.50. The molecule has 1 aliphatic carbocycles. The van der Waals surface area contributed by atoms with E-state index in [1.54, 1.807) is 27.4 Å². The van der Waals surface area contributed by atoms with Crippen molar-refractivity contribution in [2.24, 2.45) is 11.7 Å². The molecule has 33 heavy (non-hydrogen) atoms. The van der Waals surface area contributed by atoms with Crippen LogP contribution in [0.3, 0.4) is 0 Å². The second kappa shape index (κ2) is 10.1. The maximum absolute atomic E-state index is 12.9. The summed E-state index contributed by atoms with van der Waals surface area (Å²) < 4.78 is 22.2. The minimum Gasteiger partial charge on any atom is -0.493 e. The number of amides is 1. The molecule has 3 N–H and O–H groups in total. The van der Waals surface area contributed by atoms with Crippen LogP contribution in [0.25, 0.3) is 11.1 Å². The number of benzene rings is 1. The summed E-state index contributed by atoms with van der Waals surface area (Å²) in [7, 11) is 6.13. The van der Waals surface area contributed by atoms with Crippen molar-refractivity contribution >= 4 is 5.91 Å². The Morgan fingerprint density at radius 2 is 1.67 bits per heavy atom. The van der Waals surface area contributed by atoms with Crippen LogP contribution in [-0.2, 0) is 11.2 Å². The monoisotopic (exact) mass is 456 g/mol. The number of nitrogens with two attached hydrogens (primary N) is 1. The number of aryl methyl sites for hydroxylation is 1. The minimum atomic E-state index is -0.660. The number of hydrogen-bond donors (Lipinski definition) is 2. The summed E-state index contributed by atoms with van der Waals surface area (Å²) in [6, 6.07) is 5.78. The second-order valence-corrected chi connectivity index (χ2v) is 8.33. The predicted octanol–water partition coefficient (Wildman–Crippen LogP) is 2.84. The zero-order valence-electron chi connectivity index (χ0n) is 20.0. The molecule has 0 radical (unpaired) electrons. The van der Waals surface area contributed by atoms with E-state index in [2.05, 4.69) is 5.32 Å². The number of fused-ring (bicyclic) bond motifs is 3. The zero-order valence-corrected chi connectivity index (χ0v) is 20.0. The molecule has 0 heterocycles. The van der Waals surface area contributed by atoms with E-state index >= 15 is 0 Å². The van der Waals surface area contributed by atoms with Crippen LogP contribution < -0.4 is 35.4 Å². The summed E-state index contributed by atoms with van der Waals surface area (Å²) >= 11 is 0. The fourth-order valence-electron chi connectivity index (χ4n) is 4.19. The van der Waals surface area contributed by atoms with Crippen molar-refractivity contribution in [1.82, 2.24) is 5.32 Å². The molecule has 8 nitrogen and oxygen atoms in total. The number of carbonyl (C=O) groups excluding carboxylic acids is 1. The van der Waals surface area contributed by atoms with Gasteiger partial charge in [-0.05, 0) is 53.6 Å². The fraction of sp³-hybridized carbons (Fsp3) is 0.440. The molecule has 0 saturated carbocycles. The summed E-state index contributed by atoms with van der Waals surface area (Å²) in [6.07, 6.45) is 1.17. The van der Waals surface area contributed by atoms with E-state index in [-0.39, 0.29) is 23.0 Å². The van der Waals surface area contributed by atoms with Gasteiger partial charge >= 0.3 is 0 Å². The first-order valence-electron chi connectivity index (χ1n) is 10.9. The first-order valence-corrected chi connectivity index (χ1v) is 10.9. The van der Waals surface area contributed by atoms with Crippen LogP contribution in [0.4, 0.5) is 0 Å². The van der Waals surface area contributed by atoms with Crippen LogP contribution in [0.2, 0.25) is 0 Å². The average Bonchev–Trinajstić information content (AvgIpc) is 3.05. The Kier molecular flexibility index (Phi) is 7.48. The lowest BCUT2D eigenvalue weighted by atomic mass is 9.95. The van der Waals surface area contributed by atoms with Crippen molar-refractivity contribution in [3.8, 4) is 34.1 Å². The lowest BCUT2D eigenvalue weighted by Crippen LogP contribution is -2.45. The third kappa shape index (κ3) is 4.61. The van der Waals surface area contributed by atoms with Crippen LogP contribution in [0.1, 0.15) is 37.4 Å². The quantitative estimate of drug-likeness (QED) is 0.659. The van der Waals surface area contributed by atoms with Gasteiger partial charge in [0.05, 0.1) is 40.5 Å². The van der Waals surface area contributed by atoms with Gasteiger partial charge in [-0.2, -0.15) is 0 Å². The Bertz CT molecular complexity index is 1100. The Hall–Kier alpha value is -3.26. The zero-order chi connectivity index (χ0) is 24.3. The summed E-state index contributed by atoms with van der Waals surface area (Å²) in [5, 5.41) is 3.06. The van der Waals surface area contributed by atoms with Gasteiger partial charge in [0, 0.05) is 5.56 Å². The van der Waals surface area contributed by atoms with E-state index in [0.717, 1.165) is 16.7 Å². The molecule has 2 atom stereocenters. The molecule has 0 unspecified atom stereocenters. The number of carbonyl (C=O) groups is 1. The van der Waals surface area contributed by atoms with Crippen molar-refractivity contribution < 1.29 is 23.7 Å².